The molecule has 0 saturated heterocycles. The van der Waals surface area contributed by atoms with Crippen LogP contribution in [0.4, 0.5) is 0 Å². The minimum absolute atomic E-state index is 0.0715. The van der Waals surface area contributed by atoms with E-state index in [0.717, 1.165) is 18.4 Å². The van der Waals surface area contributed by atoms with Crippen LogP contribution in [0.15, 0.2) is 46.4 Å². The van der Waals surface area contributed by atoms with Crippen molar-refractivity contribution in [3.05, 3.63) is 69.8 Å². The van der Waals surface area contributed by atoms with E-state index < -0.39 is 23.9 Å². The van der Waals surface area contributed by atoms with E-state index in [9.17, 15) is 19.2 Å². The number of thiazole rings is 1. The van der Waals surface area contributed by atoms with Gasteiger partial charge in [0.2, 0.25) is 17.7 Å². The third-order valence-electron chi connectivity index (χ3n) is 6.98. The van der Waals surface area contributed by atoms with Gasteiger partial charge in [0, 0.05) is 30.8 Å². The second kappa shape index (κ2) is 12.6. The lowest BCUT2D eigenvalue weighted by atomic mass is 10.0. The number of nitrogens with zero attached hydrogens (tertiary/aromatic N) is 3. The lowest BCUT2D eigenvalue weighted by Gasteiger charge is -2.24. The van der Waals surface area contributed by atoms with Gasteiger partial charge < -0.3 is 25.3 Å². The predicted octanol–water partition coefficient (Wildman–Crippen LogP) is 3.03. The molecular formula is C29H34N6O5S. The van der Waals surface area contributed by atoms with Gasteiger partial charge in [-0.3, -0.25) is 19.2 Å². The van der Waals surface area contributed by atoms with Crippen LogP contribution >= 0.6 is 11.3 Å². The van der Waals surface area contributed by atoms with Crippen LogP contribution < -0.4 is 16.0 Å². The molecule has 0 spiro atoms. The zero-order valence-corrected chi connectivity index (χ0v) is 23.9. The Hall–Kier alpha value is -4.06. The Kier molecular flexibility index (Phi) is 8.77. The molecule has 1 aliphatic heterocycles. The third-order valence-corrected chi connectivity index (χ3v) is 7.93. The maximum absolute atomic E-state index is 13.3. The van der Waals surface area contributed by atoms with E-state index in [1.807, 2.05) is 44.2 Å². The van der Waals surface area contributed by atoms with Gasteiger partial charge >= 0.3 is 0 Å². The predicted molar refractivity (Wildman–Crippen MR) is 151 cm³/mol. The van der Waals surface area contributed by atoms with Gasteiger partial charge in [0.05, 0.1) is 12.6 Å². The second-order valence-corrected chi connectivity index (χ2v) is 11.8. The highest BCUT2D eigenvalue weighted by molar-refractivity contribution is 7.09. The van der Waals surface area contributed by atoms with E-state index >= 15 is 0 Å². The molecule has 2 aromatic heterocycles. The fraction of sp³-hybridized carbons (Fsp3) is 0.448. The Morgan fingerprint density at radius 3 is 2.56 bits per heavy atom. The van der Waals surface area contributed by atoms with Crippen LogP contribution in [0.2, 0.25) is 0 Å². The van der Waals surface area contributed by atoms with Gasteiger partial charge in [-0.05, 0) is 30.7 Å². The highest BCUT2D eigenvalue weighted by atomic mass is 32.1. The first-order valence-corrected chi connectivity index (χ1v) is 14.8. The van der Waals surface area contributed by atoms with Gasteiger partial charge in [0.15, 0.2) is 5.69 Å². The summed E-state index contributed by atoms with van der Waals surface area (Å²) in [5.41, 5.74) is 1.25. The molecule has 216 valence electrons. The molecule has 12 heteroatoms. The number of nitrogens with one attached hydrogen (secondary N) is 3. The average Bonchev–Trinajstić information content (AvgIpc) is 3.45. The van der Waals surface area contributed by atoms with Crippen molar-refractivity contribution in [2.75, 3.05) is 19.6 Å². The monoisotopic (exact) mass is 578 g/mol. The van der Waals surface area contributed by atoms with Crippen molar-refractivity contribution in [1.29, 1.82) is 0 Å². The normalized spacial score (nSPS) is 20.6. The summed E-state index contributed by atoms with van der Waals surface area (Å²) in [5.74, 6) is -0.980. The number of carbonyl (C=O) groups excluding carboxylic acids is 4. The Balaban J connectivity index is 1.46. The van der Waals surface area contributed by atoms with Crippen molar-refractivity contribution < 1.29 is 23.6 Å². The SMILES string of the molecule is CC(C)C[C@@H]1NC(=O)c2coc(n2)[C@H](Cc2ccccc2)NC(=O)CN(C(=O)C2CC2)CCNC(=O)c2csc1n2. The zero-order valence-electron chi connectivity index (χ0n) is 23.1. The second-order valence-electron chi connectivity index (χ2n) is 10.9. The lowest BCUT2D eigenvalue weighted by Crippen LogP contribution is -2.45. The van der Waals surface area contributed by atoms with Gasteiger partial charge in [0.1, 0.15) is 23.0 Å². The van der Waals surface area contributed by atoms with E-state index in [1.165, 1.54) is 22.5 Å². The van der Waals surface area contributed by atoms with Crippen LogP contribution in [-0.4, -0.2) is 58.1 Å². The summed E-state index contributed by atoms with van der Waals surface area (Å²) in [7, 11) is 0. The average molecular weight is 579 g/mol. The number of carbonyl (C=O) groups is 4. The van der Waals surface area contributed by atoms with Crippen molar-refractivity contribution >= 4 is 35.0 Å². The number of rotatable bonds is 5. The number of aromatic nitrogens is 2. The molecule has 2 atom stereocenters. The molecule has 11 nitrogen and oxygen atoms in total. The maximum Gasteiger partial charge on any atom is 0.273 e. The maximum atomic E-state index is 13.3. The first kappa shape index (κ1) is 28.5. The molecule has 0 radical (unpaired) electrons. The van der Waals surface area contributed by atoms with Gasteiger partial charge in [-0.15, -0.1) is 11.3 Å². The number of hydrogen-bond donors (Lipinski definition) is 3. The molecule has 3 heterocycles. The number of hydrogen-bond acceptors (Lipinski definition) is 8. The molecule has 1 aromatic carbocycles. The Morgan fingerprint density at radius 2 is 1.83 bits per heavy atom. The molecule has 41 heavy (non-hydrogen) atoms. The number of fused-ring (bicyclic) bond motifs is 4. The largest absolute Gasteiger partial charge is 0.446 e. The topological polar surface area (TPSA) is 147 Å². The van der Waals surface area contributed by atoms with Crippen LogP contribution in [0.5, 0.6) is 0 Å². The fourth-order valence-corrected chi connectivity index (χ4v) is 5.61. The van der Waals surface area contributed by atoms with Crippen LogP contribution in [-0.2, 0) is 16.0 Å². The molecule has 4 bridgehead atoms. The molecular weight excluding hydrogens is 544 g/mol. The van der Waals surface area contributed by atoms with E-state index in [-0.39, 0.29) is 60.6 Å². The van der Waals surface area contributed by atoms with Crippen molar-refractivity contribution in [3.63, 3.8) is 0 Å². The zero-order chi connectivity index (χ0) is 28.9. The molecule has 1 fully saturated rings. The minimum atomic E-state index is -0.670. The smallest absolute Gasteiger partial charge is 0.273 e. The summed E-state index contributed by atoms with van der Waals surface area (Å²) < 4.78 is 5.73. The summed E-state index contributed by atoms with van der Waals surface area (Å²) in [6.07, 6.45) is 3.84. The van der Waals surface area contributed by atoms with E-state index in [1.54, 1.807) is 5.38 Å². The Bertz CT molecular complexity index is 1400. The summed E-state index contributed by atoms with van der Waals surface area (Å²) in [4.78, 5) is 62.8. The molecule has 4 amide bonds. The standard InChI is InChI=1S/C29H34N6O5S/c1-17(2)12-21-28-34-23(16-41-28)25(37)30-10-11-35(29(39)19-8-9-19)14-24(36)31-20(13-18-6-4-3-5-7-18)27-33-22(15-40-27)26(38)32-21/h3-7,15-17,19-21H,8-14H2,1-2H3,(H,30,37)(H,31,36)(H,32,38)/t20-,21-/m0/s1. The molecule has 2 aliphatic rings. The van der Waals surface area contributed by atoms with Gasteiger partial charge in [-0.2, -0.15) is 0 Å². The molecule has 1 aliphatic carbocycles. The highest BCUT2D eigenvalue weighted by Gasteiger charge is 2.35. The Morgan fingerprint density at radius 1 is 1.05 bits per heavy atom. The van der Waals surface area contributed by atoms with Gasteiger partial charge in [-0.1, -0.05) is 44.2 Å². The van der Waals surface area contributed by atoms with Crippen molar-refractivity contribution in [2.24, 2.45) is 11.8 Å². The molecule has 5 rings (SSSR count). The minimum Gasteiger partial charge on any atom is -0.446 e. The van der Waals surface area contributed by atoms with Gasteiger partial charge in [-0.25, -0.2) is 9.97 Å². The van der Waals surface area contributed by atoms with Crippen molar-refractivity contribution in [1.82, 2.24) is 30.8 Å². The molecule has 3 N–H and O–H groups in total. The van der Waals surface area contributed by atoms with E-state index in [2.05, 4.69) is 25.9 Å². The van der Waals surface area contributed by atoms with Crippen molar-refractivity contribution in [2.45, 2.75) is 51.6 Å². The van der Waals surface area contributed by atoms with E-state index in [0.29, 0.717) is 17.8 Å². The van der Waals surface area contributed by atoms with Crippen LogP contribution in [0.3, 0.4) is 0 Å². The van der Waals surface area contributed by atoms with Gasteiger partial charge in [0.25, 0.3) is 11.8 Å². The number of oxazole rings is 1. The molecule has 1 saturated carbocycles. The number of benzene rings is 1. The molecule has 3 aromatic rings. The molecule has 0 unspecified atom stereocenters. The summed E-state index contributed by atoms with van der Waals surface area (Å²) in [6, 6.07) is 8.46. The first-order chi connectivity index (χ1) is 19.8. The lowest BCUT2D eigenvalue weighted by molar-refractivity contribution is -0.137. The third kappa shape index (κ3) is 7.37. The fourth-order valence-electron chi connectivity index (χ4n) is 4.74. The number of amides is 4. The van der Waals surface area contributed by atoms with E-state index in [4.69, 9.17) is 4.42 Å². The Labute approximate surface area is 242 Å². The summed E-state index contributed by atoms with van der Waals surface area (Å²) in [5, 5.41) is 11.0. The van der Waals surface area contributed by atoms with Crippen LogP contribution in [0.25, 0.3) is 0 Å². The van der Waals surface area contributed by atoms with Crippen LogP contribution in [0, 0.1) is 11.8 Å². The highest BCUT2D eigenvalue weighted by Crippen LogP contribution is 2.31. The van der Waals surface area contributed by atoms with Crippen molar-refractivity contribution in [3.8, 4) is 0 Å². The first-order valence-electron chi connectivity index (χ1n) is 13.9. The summed E-state index contributed by atoms with van der Waals surface area (Å²) in [6.45, 7) is 4.25. The van der Waals surface area contributed by atoms with Crippen LogP contribution in [0.1, 0.15) is 82.6 Å². The summed E-state index contributed by atoms with van der Waals surface area (Å²) >= 11 is 1.30. The quantitative estimate of drug-likeness (QED) is 0.422.